The van der Waals surface area contributed by atoms with E-state index in [4.69, 9.17) is 21.7 Å². The lowest BCUT2D eigenvalue weighted by atomic mass is 9.79. The SMILES string of the molecule is O=c1[nH]c(=S)[nH]c2c1[C@@H]1c3ccccc3OC[C@H]1CO2. The van der Waals surface area contributed by atoms with Crippen LogP contribution in [0.15, 0.2) is 29.1 Å². The number of H-pyrrole nitrogens is 2. The number of aromatic amines is 2. The Kier molecular flexibility index (Phi) is 2.47. The van der Waals surface area contributed by atoms with Gasteiger partial charge in [0.25, 0.3) is 5.56 Å². The summed E-state index contributed by atoms with van der Waals surface area (Å²) >= 11 is 4.99. The van der Waals surface area contributed by atoms with E-state index in [0.717, 1.165) is 11.3 Å². The molecular formula is C14H12N2O3S. The van der Waals surface area contributed by atoms with Crippen molar-refractivity contribution in [2.75, 3.05) is 13.2 Å². The third-order valence-electron chi connectivity index (χ3n) is 3.87. The van der Waals surface area contributed by atoms with E-state index in [1.807, 2.05) is 24.3 Å². The summed E-state index contributed by atoms with van der Waals surface area (Å²) in [7, 11) is 0. The highest BCUT2D eigenvalue weighted by Gasteiger charge is 2.39. The molecule has 0 bridgehead atoms. The zero-order valence-corrected chi connectivity index (χ0v) is 11.3. The summed E-state index contributed by atoms with van der Waals surface area (Å²) in [5.41, 5.74) is 1.46. The summed E-state index contributed by atoms with van der Waals surface area (Å²) in [6.45, 7) is 1.07. The quantitative estimate of drug-likeness (QED) is 0.727. The van der Waals surface area contributed by atoms with Crippen molar-refractivity contribution in [2.24, 2.45) is 5.92 Å². The van der Waals surface area contributed by atoms with E-state index in [9.17, 15) is 4.79 Å². The predicted molar refractivity (Wildman–Crippen MR) is 75.0 cm³/mol. The van der Waals surface area contributed by atoms with Gasteiger partial charge in [-0.2, -0.15) is 0 Å². The molecule has 2 aliphatic rings. The minimum atomic E-state index is -0.185. The molecule has 0 amide bonds. The Bertz CT molecular complexity index is 795. The van der Waals surface area contributed by atoms with Crippen LogP contribution >= 0.6 is 12.2 Å². The van der Waals surface area contributed by atoms with Gasteiger partial charge in [0.2, 0.25) is 5.88 Å². The first-order valence-electron chi connectivity index (χ1n) is 6.45. The lowest BCUT2D eigenvalue weighted by Crippen LogP contribution is -2.38. The monoisotopic (exact) mass is 288 g/mol. The highest BCUT2D eigenvalue weighted by atomic mass is 32.1. The van der Waals surface area contributed by atoms with Gasteiger partial charge in [0, 0.05) is 17.4 Å². The first kappa shape index (κ1) is 11.7. The second-order valence-corrected chi connectivity index (χ2v) is 5.46. The Hall–Kier alpha value is -2.08. The van der Waals surface area contributed by atoms with Gasteiger partial charge in [-0.3, -0.25) is 9.78 Å². The molecule has 102 valence electrons. The number of ether oxygens (including phenoxy) is 2. The van der Waals surface area contributed by atoms with Crippen LogP contribution in [0.5, 0.6) is 11.6 Å². The fraction of sp³-hybridized carbons (Fsp3) is 0.286. The summed E-state index contributed by atoms with van der Waals surface area (Å²) in [4.78, 5) is 17.9. The van der Waals surface area contributed by atoms with Crippen molar-refractivity contribution in [3.63, 3.8) is 0 Å². The van der Waals surface area contributed by atoms with Gasteiger partial charge in [0.1, 0.15) is 5.75 Å². The fourth-order valence-corrected chi connectivity index (χ4v) is 3.20. The molecule has 0 spiro atoms. The minimum Gasteiger partial charge on any atom is -0.493 e. The van der Waals surface area contributed by atoms with Gasteiger partial charge in [-0.1, -0.05) is 18.2 Å². The van der Waals surface area contributed by atoms with Crippen LogP contribution in [0, 0.1) is 10.7 Å². The van der Waals surface area contributed by atoms with Crippen molar-refractivity contribution in [1.82, 2.24) is 9.97 Å². The Labute approximate surface area is 119 Å². The van der Waals surface area contributed by atoms with Crippen molar-refractivity contribution in [3.05, 3.63) is 50.5 Å². The lowest BCUT2D eigenvalue weighted by molar-refractivity contribution is 0.121. The topological polar surface area (TPSA) is 67.1 Å². The molecule has 2 N–H and O–H groups in total. The van der Waals surface area contributed by atoms with Crippen LogP contribution in [-0.2, 0) is 0 Å². The van der Waals surface area contributed by atoms with E-state index in [0.29, 0.717) is 24.7 Å². The van der Waals surface area contributed by atoms with Crippen LogP contribution in [0.2, 0.25) is 0 Å². The Morgan fingerprint density at radius 1 is 1.15 bits per heavy atom. The van der Waals surface area contributed by atoms with Crippen molar-refractivity contribution in [3.8, 4) is 11.6 Å². The van der Waals surface area contributed by atoms with Gasteiger partial charge < -0.3 is 14.5 Å². The summed E-state index contributed by atoms with van der Waals surface area (Å²) < 4.78 is 11.7. The van der Waals surface area contributed by atoms with E-state index >= 15 is 0 Å². The lowest BCUT2D eigenvalue weighted by Gasteiger charge is -2.36. The van der Waals surface area contributed by atoms with Crippen molar-refractivity contribution >= 4 is 12.2 Å². The van der Waals surface area contributed by atoms with E-state index in [1.165, 1.54) is 0 Å². The molecule has 1 aromatic heterocycles. The van der Waals surface area contributed by atoms with Crippen molar-refractivity contribution < 1.29 is 9.47 Å². The molecule has 6 heteroatoms. The molecule has 0 radical (unpaired) electrons. The van der Waals surface area contributed by atoms with E-state index < -0.39 is 0 Å². The number of para-hydroxylation sites is 1. The molecule has 1 aromatic carbocycles. The van der Waals surface area contributed by atoms with E-state index in [2.05, 4.69) is 9.97 Å². The van der Waals surface area contributed by atoms with Gasteiger partial charge in [-0.05, 0) is 18.3 Å². The summed E-state index contributed by atoms with van der Waals surface area (Å²) in [6, 6.07) is 7.82. The molecule has 0 saturated carbocycles. The van der Waals surface area contributed by atoms with Gasteiger partial charge in [0.05, 0.1) is 18.8 Å². The summed E-state index contributed by atoms with van der Waals surface area (Å²) in [5.74, 6) is 1.45. The third-order valence-corrected chi connectivity index (χ3v) is 4.08. The van der Waals surface area contributed by atoms with Crippen LogP contribution < -0.4 is 15.0 Å². The van der Waals surface area contributed by atoms with Gasteiger partial charge in [-0.25, -0.2) is 0 Å². The summed E-state index contributed by atoms with van der Waals surface area (Å²) in [6.07, 6.45) is 0. The smallest absolute Gasteiger partial charge is 0.259 e. The molecule has 2 aliphatic heterocycles. The molecule has 0 fully saturated rings. The average Bonchev–Trinajstić information content (AvgIpc) is 2.46. The number of hydrogen-bond donors (Lipinski definition) is 2. The number of aromatic nitrogens is 2. The van der Waals surface area contributed by atoms with Crippen molar-refractivity contribution in [1.29, 1.82) is 0 Å². The number of rotatable bonds is 0. The third kappa shape index (κ3) is 1.61. The van der Waals surface area contributed by atoms with Gasteiger partial charge in [-0.15, -0.1) is 0 Å². The minimum absolute atomic E-state index is 0.0145. The van der Waals surface area contributed by atoms with Crippen LogP contribution in [0.25, 0.3) is 0 Å². The predicted octanol–water partition coefficient (Wildman–Crippen LogP) is 1.97. The molecule has 5 nitrogen and oxygen atoms in total. The normalized spacial score (nSPS) is 22.8. The zero-order valence-electron chi connectivity index (χ0n) is 10.5. The van der Waals surface area contributed by atoms with E-state index in [-0.39, 0.29) is 22.2 Å². The Morgan fingerprint density at radius 2 is 1.95 bits per heavy atom. The first-order valence-corrected chi connectivity index (χ1v) is 6.86. The van der Waals surface area contributed by atoms with Gasteiger partial charge in [0.15, 0.2) is 4.77 Å². The maximum absolute atomic E-state index is 12.3. The molecule has 4 rings (SSSR count). The number of hydrogen-bond acceptors (Lipinski definition) is 4. The van der Waals surface area contributed by atoms with Crippen LogP contribution in [0.1, 0.15) is 17.0 Å². The second-order valence-electron chi connectivity index (χ2n) is 5.05. The molecule has 2 atom stereocenters. The Balaban J connectivity index is 1.99. The molecule has 2 aromatic rings. The van der Waals surface area contributed by atoms with Crippen molar-refractivity contribution in [2.45, 2.75) is 5.92 Å². The van der Waals surface area contributed by atoms with Crippen LogP contribution in [0.3, 0.4) is 0 Å². The van der Waals surface area contributed by atoms with E-state index in [1.54, 1.807) is 0 Å². The molecule has 0 aliphatic carbocycles. The van der Waals surface area contributed by atoms with Gasteiger partial charge >= 0.3 is 0 Å². The highest BCUT2D eigenvalue weighted by molar-refractivity contribution is 7.71. The molecular weight excluding hydrogens is 276 g/mol. The maximum atomic E-state index is 12.3. The molecule has 3 heterocycles. The average molecular weight is 288 g/mol. The standard InChI is InChI=1S/C14H12N2O3S/c17-12-11-10-7(6-19-13(11)16-14(20)15-12)5-18-9-4-2-1-3-8(9)10/h1-4,7,10H,5-6H2,(H2,15,16,17,20)/t7-,10-/m0/s1. The molecule has 0 saturated heterocycles. The second kappa shape index (κ2) is 4.21. The number of fused-ring (bicyclic) bond motifs is 5. The zero-order chi connectivity index (χ0) is 13.7. The molecule has 20 heavy (non-hydrogen) atoms. The largest absolute Gasteiger partial charge is 0.493 e. The number of benzene rings is 1. The first-order chi connectivity index (χ1) is 9.74. The summed E-state index contributed by atoms with van der Waals surface area (Å²) in [5, 5.41) is 0. The maximum Gasteiger partial charge on any atom is 0.259 e. The van der Waals surface area contributed by atoms with Crippen LogP contribution in [0.4, 0.5) is 0 Å². The molecule has 0 unspecified atom stereocenters. The Morgan fingerprint density at radius 3 is 2.85 bits per heavy atom. The fourth-order valence-electron chi connectivity index (χ4n) is 3.01. The van der Waals surface area contributed by atoms with Crippen LogP contribution in [-0.4, -0.2) is 23.2 Å². The highest BCUT2D eigenvalue weighted by Crippen LogP contribution is 2.44. The number of nitrogens with one attached hydrogen (secondary N) is 2.